The van der Waals surface area contributed by atoms with Crippen molar-refractivity contribution in [3.63, 3.8) is 0 Å². The summed E-state index contributed by atoms with van der Waals surface area (Å²) in [6, 6.07) is 28.4. The molecule has 4 aromatic rings. The Morgan fingerprint density at radius 1 is 0.921 bits per heavy atom. The molecule has 0 unspecified atom stereocenters. The highest BCUT2D eigenvalue weighted by Crippen LogP contribution is 2.31. The number of carboxylic acid groups (broad SMARTS) is 1. The molecule has 7 heteroatoms. The lowest BCUT2D eigenvalue weighted by molar-refractivity contribution is 0.0697. The topological polar surface area (TPSA) is 78.8 Å². The van der Waals surface area contributed by atoms with Gasteiger partial charge in [0, 0.05) is 17.6 Å². The Morgan fingerprint density at radius 3 is 2.45 bits per heavy atom. The van der Waals surface area contributed by atoms with Crippen molar-refractivity contribution in [1.29, 1.82) is 0 Å². The second-order valence-electron chi connectivity index (χ2n) is 9.36. The molecule has 1 aliphatic rings. The van der Waals surface area contributed by atoms with Crippen molar-refractivity contribution in [2.24, 2.45) is 0 Å². The summed E-state index contributed by atoms with van der Waals surface area (Å²) in [7, 11) is 0. The zero-order chi connectivity index (χ0) is 25.8. The molecule has 0 spiro atoms. The van der Waals surface area contributed by atoms with Crippen LogP contribution in [0.2, 0.25) is 5.02 Å². The van der Waals surface area contributed by atoms with E-state index in [1.54, 1.807) is 36.4 Å². The van der Waals surface area contributed by atoms with E-state index in [0.29, 0.717) is 11.6 Å². The van der Waals surface area contributed by atoms with Gasteiger partial charge in [0.1, 0.15) is 11.5 Å². The maximum atomic E-state index is 11.1. The van der Waals surface area contributed by atoms with Crippen molar-refractivity contribution in [2.75, 3.05) is 6.54 Å². The van der Waals surface area contributed by atoms with Crippen molar-refractivity contribution >= 4 is 30.0 Å². The van der Waals surface area contributed by atoms with Crippen molar-refractivity contribution < 1.29 is 19.7 Å². The van der Waals surface area contributed by atoms with Gasteiger partial charge in [0.15, 0.2) is 0 Å². The van der Waals surface area contributed by atoms with Crippen LogP contribution in [0.25, 0.3) is 11.1 Å². The highest BCUT2D eigenvalue weighted by atomic mass is 35.5. The first-order valence-electron chi connectivity index (χ1n) is 12.3. The van der Waals surface area contributed by atoms with Crippen LogP contribution in [0.3, 0.4) is 0 Å². The normalized spacial score (nSPS) is 15.2. The van der Waals surface area contributed by atoms with E-state index in [2.05, 4.69) is 17.4 Å². The number of hydrogen-bond acceptors (Lipinski definition) is 4. The van der Waals surface area contributed by atoms with E-state index in [0.717, 1.165) is 47.5 Å². The van der Waals surface area contributed by atoms with E-state index in [9.17, 15) is 9.90 Å². The first-order chi connectivity index (χ1) is 17.9. The van der Waals surface area contributed by atoms with Gasteiger partial charge in [-0.2, -0.15) is 0 Å². The second kappa shape index (κ2) is 12.5. The van der Waals surface area contributed by atoms with Crippen LogP contribution in [0.15, 0.2) is 91.0 Å². The fourth-order valence-electron chi connectivity index (χ4n) is 4.76. The zero-order valence-corrected chi connectivity index (χ0v) is 22.2. The van der Waals surface area contributed by atoms with E-state index < -0.39 is 12.1 Å². The molecule has 0 radical (unpaired) electrons. The molecular formula is C31H29Cl2NO4. The molecule has 0 heterocycles. The van der Waals surface area contributed by atoms with Crippen LogP contribution < -0.4 is 10.1 Å². The molecule has 0 saturated heterocycles. The summed E-state index contributed by atoms with van der Waals surface area (Å²) in [5.74, 6) is 0.553. The molecule has 5 rings (SSSR count). The molecule has 0 aromatic heterocycles. The van der Waals surface area contributed by atoms with Gasteiger partial charge in [-0.05, 0) is 95.6 Å². The number of aliphatic hydroxyl groups excluding tert-OH is 1. The fourth-order valence-corrected chi connectivity index (χ4v) is 4.96. The molecule has 38 heavy (non-hydrogen) atoms. The third-order valence-corrected chi connectivity index (χ3v) is 7.01. The van der Waals surface area contributed by atoms with Crippen LogP contribution in [-0.4, -0.2) is 28.8 Å². The number of nitrogens with one attached hydrogen (secondary N) is 1. The molecule has 1 aliphatic carbocycles. The quantitative estimate of drug-likeness (QED) is 0.218. The average molecular weight is 550 g/mol. The van der Waals surface area contributed by atoms with E-state index in [1.165, 1.54) is 11.1 Å². The summed E-state index contributed by atoms with van der Waals surface area (Å²) in [4.78, 5) is 11.1. The molecule has 0 amide bonds. The lowest BCUT2D eigenvalue weighted by Crippen LogP contribution is -2.37. The Bertz CT molecular complexity index is 1410. The number of carboxylic acids is 1. The minimum Gasteiger partial charge on any atom is -0.478 e. The van der Waals surface area contributed by atoms with Crippen molar-refractivity contribution in [3.05, 3.63) is 118 Å². The van der Waals surface area contributed by atoms with Crippen LogP contribution in [0, 0.1) is 0 Å². The standard InChI is InChI=1S/C31H28ClNO4.ClH/c32-26-5-1-4-24(15-26)30(34)19-33-27-13-11-21-12-14-29(18-25(21)16-27)37-28-6-2-3-23(17-28)20-7-9-22(10-8-20)31(35)36;/h1-10,12,14-15,17-18,27,30,33-34H,11,13,16,19H2,(H,35,36);1H/t27-,30-;/m0./s1. The van der Waals surface area contributed by atoms with Crippen LogP contribution >= 0.6 is 24.0 Å². The Kier molecular flexibility index (Phi) is 9.08. The molecule has 0 fully saturated rings. The number of aryl methyl sites for hydroxylation is 1. The number of aromatic carboxylic acids is 1. The maximum absolute atomic E-state index is 11.1. The lowest BCUT2D eigenvalue weighted by atomic mass is 9.88. The summed E-state index contributed by atoms with van der Waals surface area (Å²) in [6.07, 6.45) is 2.24. The van der Waals surface area contributed by atoms with Gasteiger partial charge in [-0.1, -0.05) is 54.1 Å². The number of benzene rings is 4. The molecule has 5 nitrogen and oxygen atoms in total. The molecule has 4 aromatic carbocycles. The number of halogens is 2. The lowest BCUT2D eigenvalue weighted by Gasteiger charge is -2.27. The first-order valence-corrected chi connectivity index (χ1v) is 12.7. The summed E-state index contributed by atoms with van der Waals surface area (Å²) in [5, 5.41) is 23.8. The molecule has 0 saturated carbocycles. The molecule has 2 atom stereocenters. The second-order valence-corrected chi connectivity index (χ2v) is 9.80. The summed E-state index contributed by atoms with van der Waals surface area (Å²) < 4.78 is 6.20. The largest absolute Gasteiger partial charge is 0.478 e. The Balaban J connectivity index is 0.00000336. The molecule has 196 valence electrons. The smallest absolute Gasteiger partial charge is 0.335 e. The minimum atomic E-state index is -0.939. The molecular weight excluding hydrogens is 521 g/mol. The van der Waals surface area contributed by atoms with Crippen LogP contribution in [0.5, 0.6) is 11.5 Å². The Morgan fingerprint density at radius 2 is 1.68 bits per heavy atom. The average Bonchev–Trinajstić information content (AvgIpc) is 2.91. The van der Waals surface area contributed by atoms with Crippen LogP contribution in [0.4, 0.5) is 0 Å². The Hall–Kier alpha value is -3.35. The predicted octanol–water partition coefficient (Wildman–Crippen LogP) is 7.10. The van der Waals surface area contributed by atoms with E-state index in [4.69, 9.17) is 21.4 Å². The number of hydrogen-bond donors (Lipinski definition) is 3. The Labute approximate surface area is 233 Å². The van der Waals surface area contributed by atoms with Gasteiger partial charge in [-0.25, -0.2) is 4.79 Å². The van der Waals surface area contributed by atoms with Gasteiger partial charge in [0.2, 0.25) is 0 Å². The summed E-state index contributed by atoms with van der Waals surface area (Å²) in [6.45, 7) is 0.469. The zero-order valence-electron chi connectivity index (χ0n) is 20.6. The van der Waals surface area contributed by atoms with Crippen molar-refractivity contribution in [1.82, 2.24) is 5.32 Å². The van der Waals surface area contributed by atoms with Gasteiger partial charge in [-0.3, -0.25) is 0 Å². The SMILES string of the molecule is Cl.O=C(O)c1ccc(-c2cccc(Oc3ccc4c(c3)C[C@@H](NC[C@H](O)c3cccc(Cl)c3)CC4)c2)cc1. The van der Waals surface area contributed by atoms with Crippen molar-refractivity contribution in [2.45, 2.75) is 31.4 Å². The predicted molar refractivity (Wildman–Crippen MR) is 153 cm³/mol. The molecule has 0 aliphatic heterocycles. The number of carbonyl (C=O) groups is 1. The monoisotopic (exact) mass is 549 g/mol. The van der Waals surface area contributed by atoms with Crippen molar-refractivity contribution in [3.8, 4) is 22.6 Å². The number of aliphatic hydroxyl groups is 1. The highest BCUT2D eigenvalue weighted by molar-refractivity contribution is 6.30. The molecule has 0 bridgehead atoms. The summed E-state index contributed by atoms with van der Waals surface area (Å²) >= 11 is 6.06. The van der Waals surface area contributed by atoms with Crippen LogP contribution in [0.1, 0.15) is 39.6 Å². The van der Waals surface area contributed by atoms with Gasteiger partial charge in [0.25, 0.3) is 0 Å². The third kappa shape index (κ3) is 6.74. The summed E-state index contributed by atoms with van der Waals surface area (Å²) in [5.41, 5.74) is 5.53. The van der Waals surface area contributed by atoms with Gasteiger partial charge >= 0.3 is 5.97 Å². The molecule has 3 N–H and O–H groups in total. The van der Waals surface area contributed by atoms with Crippen LogP contribution in [-0.2, 0) is 12.8 Å². The van der Waals surface area contributed by atoms with Gasteiger partial charge < -0.3 is 20.3 Å². The van der Waals surface area contributed by atoms with Gasteiger partial charge in [-0.15, -0.1) is 12.4 Å². The highest BCUT2D eigenvalue weighted by Gasteiger charge is 2.20. The number of rotatable bonds is 8. The van der Waals surface area contributed by atoms with E-state index >= 15 is 0 Å². The number of ether oxygens (including phenoxy) is 1. The number of fused-ring (bicyclic) bond motifs is 1. The first kappa shape index (κ1) is 27.7. The van der Waals surface area contributed by atoms with E-state index in [1.807, 2.05) is 42.5 Å². The third-order valence-electron chi connectivity index (χ3n) is 6.77. The fraction of sp³-hybridized carbons (Fsp3) is 0.194. The minimum absolute atomic E-state index is 0. The maximum Gasteiger partial charge on any atom is 0.335 e. The van der Waals surface area contributed by atoms with Gasteiger partial charge in [0.05, 0.1) is 11.7 Å². The van der Waals surface area contributed by atoms with E-state index in [-0.39, 0.29) is 24.0 Å².